The van der Waals surface area contributed by atoms with E-state index in [0.717, 1.165) is 55.3 Å². The molecule has 0 saturated heterocycles. The Morgan fingerprint density at radius 3 is 1.68 bits per heavy atom. The first-order valence-corrected chi connectivity index (χ1v) is 21.4. The Morgan fingerprint density at radius 2 is 0.921 bits per heavy atom. The Labute approximate surface area is 362 Å². The quantitative estimate of drug-likeness (QED) is 0.178. The number of nitrogens with zero attached hydrogens (tertiary/aromatic N) is 4. The van der Waals surface area contributed by atoms with Crippen molar-refractivity contribution in [3.8, 4) is 62.1 Å². The Kier molecular flexibility index (Phi) is 6.97. The van der Waals surface area contributed by atoms with Gasteiger partial charge < -0.3 is 8.98 Å². The van der Waals surface area contributed by atoms with Crippen LogP contribution in [0.2, 0.25) is 0 Å². The van der Waals surface area contributed by atoms with Crippen LogP contribution in [0.4, 0.5) is 0 Å². The summed E-state index contributed by atoms with van der Waals surface area (Å²) >= 11 is 0. The highest BCUT2D eigenvalue weighted by Gasteiger charge is 2.52. The number of rotatable bonds is 4. The highest BCUT2D eigenvalue weighted by Crippen LogP contribution is 2.64. The minimum absolute atomic E-state index is 0.478. The van der Waals surface area contributed by atoms with Crippen molar-refractivity contribution in [2.24, 2.45) is 0 Å². The molecule has 3 aromatic heterocycles. The topological polar surface area (TPSA) is 56.7 Å². The molecule has 0 bridgehead atoms. The summed E-state index contributed by atoms with van der Waals surface area (Å²) in [6, 6.07) is 73.7. The molecular formula is C58H34N4O. The monoisotopic (exact) mass is 802 g/mol. The largest absolute Gasteiger partial charge is 0.456 e. The van der Waals surface area contributed by atoms with Crippen LogP contribution in [-0.4, -0.2) is 19.5 Å². The van der Waals surface area contributed by atoms with Crippen LogP contribution in [0.3, 0.4) is 0 Å². The van der Waals surface area contributed by atoms with Crippen LogP contribution in [0.5, 0.6) is 0 Å². The first-order chi connectivity index (χ1) is 31.3. The standard InChI is InChI=1S/C58H34N4O/c1-2-16-35(17-3-1)55-59-56(61-57(60-55)44-25-15-31-51-52(44)43-24-8-13-30-50(43)63-51)36-18-14-19-37(34-36)62-48-29-12-7-23-42(48)53-49(62)33-32-41-40-22-6-11-28-47(40)58(54(41)53)45-26-9-4-20-38(45)39-21-5-10-27-46(39)58/h1-34H. The van der Waals surface area contributed by atoms with E-state index in [1.165, 1.54) is 55.3 Å². The van der Waals surface area contributed by atoms with Gasteiger partial charge in [-0.2, -0.15) is 0 Å². The number of furan rings is 1. The molecule has 12 aromatic rings. The van der Waals surface area contributed by atoms with Gasteiger partial charge in [0.05, 0.1) is 16.4 Å². The van der Waals surface area contributed by atoms with Crippen LogP contribution >= 0.6 is 0 Å². The van der Waals surface area contributed by atoms with E-state index in [-0.39, 0.29) is 0 Å². The van der Waals surface area contributed by atoms with Crippen LogP contribution in [-0.2, 0) is 5.41 Å². The van der Waals surface area contributed by atoms with Gasteiger partial charge in [-0.25, -0.2) is 15.0 Å². The lowest BCUT2D eigenvalue weighted by atomic mass is 9.69. The molecule has 2 aliphatic carbocycles. The molecule has 2 aliphatic rings. The molecular weight excluding hydrogens is 769 g/mol. The summed E-state index contributed by atoms with van der Waals surface area (Å²) in [5.41, 5.74) is 17.7. The molecule has 63 heavy (non-hydrogen) atoms. The lowest BCUT2D eigenvalue weighted by Gasteiger charge is -2.31. The fraction of sp³-hybridized carbons (Fsp3) is 0.0172. The predicted molar refractivity (Wildman–Crippen MR) is 254 cm³/mol. The Morgan fingerprint density at radius 1 is 0.365 bits per heavy atom. The summed E-state index contributed by atoms with van der Waals surface area (Å²) in [4.78, 5) is 15.6. The van der Waals surface area contributed by atoms with E-state index in [0.29, 0.717) is 17.5 Å². The van der Waals surface area contributed by atoms with Crippen molar-refractivity contribution in [2.45, 2.75) is 5.41 Å². The van der Waals surface area contributed by atoms with Crippen molar-refractivity contribution < 1.29 is 4.42 Å². The van der Waals surface area contributed by atoms with Crippen molar-refractivity contribution in [1.82, 2.24) is 19.5 Å². The normalized spacial score (nSPS) is 13.2. The van der Waals surface area contributed by atoms with Crippen molar-refractivity contribution in [3.63, 3.8) is 0 Å². The smallest absolute Gasteiger partial charge is 0.164 e. The lowest BCUT2D eigenvalue weighted by Crippen LogP contribution is -2.26. The van der Waals surface area contributed by atoms with Gasteiger partial charge in [0.15, 0.2) is 17.5 Å². The van der Waals surface area contributed by atoms with E-state index in [1.54, 1.807) is 0 Å². The molecule has 0 amide bonds. The second-order valence-corrected chi connectivity index (χ2v) is 16.6. The number of fused-ring (bicyclic) bond motifs is 17. The number of para-hydroxylation sites is 2. The second kappa shape index (κ2) is 12.8. The van der Waals surface area contributed by atoms with Gasteiger partial charge in [-0.1, -0.05) is 170 Å². The molecule has 0 saturated carbocycles. The average Bonchev–Trinajstić information content (AvgIpc) is 4.08. The maximum Gasteiger partial charge on any atom is 0.164 e. The SMILES string of the molecule is c1ccc(-c2nc(-c3cccc(-n4c5ccccc5c5c6c(ccc54)-c4ccccc4C64c5ccccc5-c5ccccc54)c3)nc(-c3cccc4oc5ccccc5c34)n2)cc1. The van der Waals surface area contributed by atoms with Crippen molar-refractivity contribution in [1.29, 1.82) is 0 Å². The van der Waals surface area contributed by atoms with Gasteiger partial charge in [0, 0.05) is 43.9 Å². The van der Waals surface area contributed by atoms with Crippen LogP contribution in [0.1, 0.15) is 22.3 Å². The fourth-order valence-corrected chi connectivity index (χ4v) is 11.0. The number of hydrogen-bond acceptors (Lipinski definition) is 4. The molecule has 1 spiro atoms. The third-order valence-corrected chi connectivity index (χ3v) is 13.5. The highest BCUT2D eigenvalue weighted by molar-refractivity contribution is 6.16. The third-order valence-electron chi connectivity index (χ3n) is 13.5. The van der Waals surface area contributed by atoms with Crippen LogP contribution in [0, 0.1) is 0 Å². The summed E-state index contributed by atoms with van der Waals surface area (Å²) in [6.45, 7) is 0. The van der Waals surface area contributed by atoms with Crippen molar-refractivity contribution in [2.75, 3.05) is 0 Å². The minimum atomic E-state index is -0.478. The minimum Gasteiger partial charge on any atom is -0.456 e. The molecule has 0 aliphatic heterocycles. The van der Waals surface area contributed by atoms with Gasteiger partial charge >= 0.3 is 0 Å². The molecule has 3 heterocycles. The first-order valence-electron chi connectivity index (χ1n) is 21.4. The fourth-order valence-electron chi connectivity index (χ4n) is 11.0. The average molecular weight is 803 g/mol. The lowest BCUT2D eigenvalue weighted by molar-refractivity contribution is 0.669. The maximum atomic E-state index is 6.31. The van der Waals surface area contributed by atoms with Crippen LogP contribution in [0.25, 0.3) is 106 Å². The van der Waals surface area contributed by atoms with E-state index in [9.17, 15) is 0 Å². The summed E-state index contributed by atoms with van der Waals surface area (Å²) in [5.74, 6) is 1.80. The first kappa shape index (κ1) is 34.3. The van der Waals surface area contributed by atoms with Crippen molar-refractivity contribution in [3.05, 3.63) is 229 Å². The van der Waals surface area contributed by atoms with Gasteiger partial charge in [0.2, 0.25) is 0 Å². The molecule has 0 radical (unpaired) electrons. The van der Waals surface area contributed by atoms with E-state index < -0.39 is 5.41 Å². The molecule has 5 heteroatoms. The molecule has 0 N–H and O–H groups in total. The number of aromatic nitrogens is 4. The van der Waals surface area contributed by atoms with Crippen LogP contribution in [0.15, 0.2) is 211 Å². The third kappa shape index (κ3) is 4.63. The summed E-state index contributed by atoms with van der Waals surface area (Å²) in [6.07, 6.45) is 0. The Bertz CT molecular complexity index is 3810. The highest BCUT2D eigenvalue weighted by atomic mass is 16.3. The van der Waals surface area contributed by atoms with E-state index in [4.69, 9.17) is 19.4 Å². The zero-order valence-electron chi connectivity index (χ0n) is 33.8. The van der Waals surface area contributed by atoms with E-state index in [1.807, 2.05) is 48.5 Å². The van der Waals surface area contributed by atoms with E-state index >= 15 is 0 Å². The Hall–Kier alpha value is -8.41. The molecule has 5 nitrogen and oxygen atoms in total. The number of benzene rings is 9. The molecule has 0 unspecified atom stereocenters. The Balaban J connectivity index is 1.02. The molecule has 0 atom stereocenters. The van der Waals surface area contributed by atoms with Gasteiger partial charge in [-0.3, -0.25) is 0 Å². The molecule has 14 rings (SSSR count). The maximum absolute atomic E-state index is 6.31. The van der Waals surface area contributed by atoms with Gasteiger partial charge in [0.25, 0.3) is 0 Å². The van der Waals surface area contributed by atoms with Crippen LogP contribution < -0.4 is 0 Å². The summed E-state index contributed by atoms with van der Waals surface area (Å²) in [7, 11) is 0. The molecule has 9 aromatic carbocycles. The van der Waals surface area contributed by atoms with Gasteiger partial charge in [-0.05, 0) is 80.9 Å². The summed E-state index contributed by atoms with van der Waals surface area (Å²) < 4.78 is 8.74. The molecule has 0 fully saturated rings. The van der Waals surface area contributed by atoms with E-state index in [2.05, 4.69) is 162 Å². The van der Waals surface area contributed by atoms with Gasteiger partial charge in [-0.15, -0.1) is 0 Å². The zero-order chi connectivity index (χ0) is 41.2. The molecule has 292 valence electrons. The van der Waals surface area contributed by atoms with Crippen molar-refractivity contribution >= 4 is 43.7 Å². The second-order valence-electron chi connectivity index (χ2n) is 16.6. The summed E-state index contributed by atoms with van der Waals surface area (Å²) in [5, 5.41) is 4.51. The predicted octanol–water partition coefficient (Wildman–Crippen LogP) is 14.2. The van der Waals surface area contributed by atoms with Gasteiger partial charge in [0.1, 0.15) is 11.2 Å². The number of hydrogen-bond donors (Lipinski definition) is 0. The zero-order valence-corrected chi connectivity index (χ0v) is 33.8.